The molecule has 1 aliphatic carbocycles. The topological polar surface area (TPSA) is 35.8 Å². The molecule has 19 heavy (non-hydrogen) atoms. The molecule has 0 amide bonds. The second kappa shape index (κ2) is 5.15. The molecule has 100 valence electrons. The lowest BCUT2D eigenvalue weighted by Gasteiger charge is -2.32. The molecule has 0 unspecified atom stereocenters. The summed E-state index contributed by atoms with van der Waals surface area (Å²) in [5, 5.41) is 13.8. The third-order valence-electron chi connectivity index (χ3n) is 4.45. The van der Waals surface area contributed by atoms with Crippen molar-refractivity contribution in [3.05, 3.63) is 34.3 Å². The maximum atomic E-state index is 9.60. The molecule has 0 aromatic heterocycles. The Morgan fingerprint density at radius 1 is 1.32 bits per heavy atom. The lowest BCUT2D eigenvalue weighted by Crippen LogP contribution is -2.37. The van der Waals surface area contributed by atoms with Gasteiger partial charge in [-0.25, -0.2) is 0 Å². The average molecular weight is 275 g/mol. The number of halogens is 1. The van der Waals surface area contributed by atoms with Gasteiger partial charge in [-0.2, -0.15) is 5.26 Å². The second-order valence-electron chi connectivity index (χ2n) is 5.94. The number of piperidine rings is 1. The zero-order chi connectivity index (χ0) is 13.3. The Hall–Kier alpha value is -1.04. The Kier molecular flexibility index (Phi) is 3.52. The quantitative estimate of drug-likeness (QED) is 0.913. The molecule has 1 aliphatic heterocycles. The Morgan fingerprint density at radius 2 is 2.05 bits per heavy atom. The first kappa shape index (κ1) is 13.0. The molecule has 1 N–H and O–H groups in total. The summed E-state index contributed by atoms with van der Waals surface area (Å²) in [6, 6.07) is 8.81. The van der Waals surface area contributed by atoms with Gasteiger partial charge in [0.15, 0.2) is 0 Å². The molecule has 2 fully saturated rings. The number of hydrogen-bond donors (Lipinski definition) is 1. The van der Waals surface area contributed by atoms with E-state index in [0.29, 0.717) is 5.92 Å². The standard InChI is InChI=1S/C16H19ClN2/c17-14-4-3-13(15(9-14)12-1-2-12)10-16(11-18)5-7-19-8-6-16/h3-4,9,12,19H,1-2,5-8,10H2. The minimum atomic E-state index is -0.178. The van der Waals surface area contributed by atoms with E-state index < -0.39 is 0 Å². The van der Waals surface area contributed by atoms with E-state index in [9.17, 15) is 5.26 Å². The average Bonchev–Trinajstić information content (AvgIpc) is 3.26. The van der Waals surface area contributed by atoms with E-state index in [1.807, 2.05) is 6.07 Å². The Labute approximate surface area is 119 Å². The SMILES string of the molecule is N#CC1(Cc2ccc(Cl)cc2C2CC2)CCNCC1. The number of nitrogens with zero attached hydrogens (tertiary/aromatic N) is 1. The van der Waals surface area contributed by atoms with Crippen molar-refractivity contribution >= 4 is 11.6 Å². The highest BCUT2D eigenvalue weighted by molar-refractivity contribution is 6.30. The summed E-state index contributed by atoms with van der Waals surface area (Å²) in [6.45, 7) is 1.92. The molecule has 0 bridgehead atoms. The highest BCUT2D eigenvalue weighted by Crippen LogP contribution is 2.44. The zero-order valence-corrected chi connectivity index (χ0v) is 11.8. The maximum absolute atomic E-state index is 9.60. The Bertz CT molecular complexity index is 508. The summed E-state index contributed by atoms with van der Waals surface area (Å²) in [5.41, 5.74) is 2.55. The van der Waals surface area contributed by atoms with Gasteiger partial charge < -0.3 is 5.32 Å². The first-order valence-electron chi connectivity index (χ1n) is 7.13. The molecule has 2 nitrogen and oxygen atoms in total. The van der Waals surface area contributed by atoms with E-state index in [-0.39, 0.29) is 5.41 Å². The van der Waals surface area contributed by atoms with Crippen molar-refractivity contribution in [2.45, 2.75) is 38.0 Å². The minimum absolute atomic E-state index is 0.178. The van der Waals surface area contributed by atoms with Crippen LogP contribution in [0.2, 0.25) is 5.02 Å². The van der Waals surface area contributed by atoms with Crippen molar-refractivity contribution in [3.63, 3.8) is 0 Å². The molecule has 1 saturated heterocycles. The van der Waals surface area contributed by atoms with Gasteiger partial charge in [-0.15, -0.1) is 0 Å². The molecule has 3 heteroatoms. The molecule has 1 aromatic carbocycles. The molecular formula is C16H19ClN2. The molecule has 0 atom stereocenters. The summed E-state index contributed by atoms with van der Waals surface area (Å²) in [6.07, 6.45) is 5.34. The monoisotopic (exact) mass is 274 g/mol. The van der Waals surface area contributed by atoms with Gasteiger partial charge in [0, 0.05) is 5.02 Å². The predicted molar refractivity (Wildman–Crippen MR) is 77.3 cm³/mol. The van der Waals surface area contributed by atoms with Crippen molar-refractivity contribution in [2.75, 3.05) is 13.1 Å². The van der Waals surface area contributed by atoms with Crippen LogP contribution in [0.3, 0.4) is 0 Å². The van der Waals surface area contributed by atoms with Gasteiger partial charge >= 0.3 is 0 Å². The van der Waals surface area contributed by atoms with Crippen LogP contribution in [0.5, 0.6) is 0 Å². The van der Waals surface area contributed by atoms with E-state index in [0.717, 1.165) is 37.4 Å². The molecule has 2 aliphatic rings. The summed E-state index contributed by atoms with van der Waals surface area (Å²) >= 11 is 6.12. The van der Waals surface area contributed by atoms with E-state index in [1.165, 1.54) is 24.0 Å². The lowest BCUT2D eigenvalue weighted by molar-refractivity contribution is 0.280. The molecule has 1 heterocycles. The number of benzene rings is 1. The Morgan fingerprint density at radius 3 is 2.68 bits per heavy atom. The predicted octanol–water partition coefficient (Wildman–Crippen LogP) is 3.65. The number of hydrogen-bond acceptors (Lipinski definition) is 2. The van der Waals surface area contributed by atoms with Gasteiger partial charge in [-0.3, -0.25) is 0 Å². The first-order chi connectivity index (χ1) is 9.22. The zero-order valence-electron chi connectivity index (χ0n) is 11.1. The molecule has 1 saturated carbocycles. The fraction of sp³-hybridized carbons (Fsp3) is 0.562. The van der Waals surface area contributed by atoms with Crippen LogP contribution in [0, 0.1) is 16.7 Å². The van der Waals surface area contributed by atoms with Crippen LogP contribution >= 0.6 is 11.6 Å². The summed E-state index contributed by atoms with van der Waals surface area (Å²) < 4.78 is 0. The second-order valence-corrected chi connectivity index (χ2v) is 6.37. The molecule has 0 spiro atoms. The van der Waals surface area contributed by atoms with Crippen LogP contribution < -0.4 is 5.32 Å². The van der Waals surface area contributed by atoms with Crippen LogP contribution in [-0.2, 0) is 6.42 Å². The first-order valence-corrected chi connectivity index (χ1v) is 7.51. The Balaban J connectivity index is 1.87. The lowest BCUT2D eigenvalue weighted by atomic mass is 9.74. The van der Waals surface area contributed by atoms with Crippen molar-refractivity contribution in [3.8, 4) is 6.07 Å². The van der Waals surface area contributed by atoms with Crippen molar-refractivity contribution in [1.29, 1.82) is 5.26 Å². The van der Waals surface area contributed by atoms with Crippen molar-refractivity contribution < 1.29 is 0 Å². The highest BCUT2D eigenvalue weighted by Gasteiger charge is 2.34. The van der Waals surface area contributed by atoms with Crippen molar-refractivity contribution in [1.82, 2.24) is 5.32 Å². The number of nitrogens with one attached hydrogen (secondary N) is 1. The van der Waals surface area contributed by atoms with Crippen LogP contribution in [-0.4, -0.2) is 13.1 Å². The normalized spacial score (nSPS) is 21.9. The third kappa shape index (κ3) is 2.78. The number of nitriles is 1. The third-order valence-corrected chi connectivity index (χ3v) is 4.69. The minimum Gasteiger partial charge on any atom is -0.317 e. The van der Waals surface area contributed by atoms with Gasteiger partial charge in [-0.1, -0.05) is 17.7 Å². The maximum Gasteiger partial charge on any atom is 0.0694 e. The summed E-state index contributed by atoms with van der Waals surface area (Å²) in [4.78, 5) is 0. The van der Waals surface area contributed by atoms with E-state index >= 15 is 0 Å². The highest BCUT2D eigenvalue weighted by atomic mass is 35.5. The van der Waals surface area contributed by atoms with Gasteiger partial charge in [0.25, 0.3) is 0 Å². The number of rotatable bonds is 3. The van der Waals surface area contributed by atoms with Crippen molar-refractivity contribution in [2.24, 2.45) is 5.41 Å². The summed E-state index contributed by atoms with van der Waals surface area (Å²) in [5.74, 6) is 0.686. The van der Waals surface area contributed by atoms with Gasteiger partial charge in [0.2, 0.25) is 0 Å². The van der Waals surface area contributed by atoms with Gasteiger partial charge in [0.05, 0.1) is 11.5 Å². The van der Waals surface area contributed by atoms with Crippen LogP contribution in [0.1, 0.15) is 42.7 Å². The van der Waals surface area contributed by atoms with Crippen LogP contribution in [0.25, 0.3) is 0 Å². The van der Waals surface area contributed by atoms with E-state index in [2.05, 4.69) is 23.5 Å². The summed E-state index contributed by atoms with van der Waals surface area (Å²) in [7, 11) is 0. The van der Waals surface area contributed by atoms with Crippen LogP contribution in [0.15, 0.2) is 18.2 Å². The molecule has 1 aromatic rings. The smallest absolute Gasteiger partial charge is 0.0694 e. The molecule has 3 rings (SSSR count). The molecular weight excluding hydrogens is 256 g/mol. The fourth-order valence-electron chi connectivity index (χ4n) is 3.10. The fourth-order valence-corrected chi connectivity index (χ4v) is 3.28. The van der Waals surface area contributed by atoms with Gasteiger partial charge in [0.1, 0.15) is 0 Å². The van der Waals surface area contributed by atoms with Crippen LogP contribution in [0.4, 0.5) is 0 Å². The molecule has 0 radical (unpaired) electrons. The van der Waals surface area contributed by atoms with Gasteiger partial charge in [-0.05, 0) is 74.4 Å². The largest absolute Gasteiger partial charge is 0.317 e. The van der Waals surface area contributed by atoms with E-state index in [1.54, 1.807) is 0 Å². The van der Waals surface area contributed by atoms with E-state index in [4.69, 9.17) is 11.6 Å².